The summed E-state index contributed by atoms with van der Waals surface area (Å²) in [6.45, 7) is 6.73. The summed E-state index contributed by atoms with van der Waals surface area (Å²) >= 11 is 0. The minimum Gasteiger partial charge on any atom is -0.335 e. The van der Waals surface area contributed by atoms with Gasteiger partial charge in [-0.15, -0.1) is 0 Å². The number of benzene rings is 1. The van der Waals surface area contributed by atoms with Crippen LogP contribution in [0.2, 0.25) is 0 Å². The van der Waals surface area contributed by atoms with E-state index in [1.165, 1.54) is 0 Å². The summed E-state index contributed by atoms with van der Waals surface area (Å²) in [5.41, 5.74) is 8.16. The Labute approximate surface area is 185 Å². The van der Waals surface area contributed by atoms with Gasteiger partial charge in [-0.1, -0.05) is 39.0 Å². The monoisotopic (exact) mass is 422 g/mol. The molecule has 6 nitrogen and oxygen atoms in total. The number of hydrogen-bond donors (Lipinski definition) is 2. The van der Waals surface area contributed by atoms with Crippen molar-refractivity contribution in [1.29, 1.82) is 0 Å². The lowest BCUT2D eigenvalue weighted by Crippen LogP contribution is -2.44. The molecule has 0 bridgehead atoms. The van der Waals surface area contributed by atoms with Gasteiger partial charge in [0.05, 0.1) is 5.56 Å². The maximum absolute atomic E-state index is 13.3. The van der Waals surface area contributed by atoms with Gasteiger partial charge in [0.15, 0.2) is 0 Å². The molecule has 1 aromatic heterocycles. The molecule has 2 aromatic rings. The summed E-state index contributed by atoms with van der Waals surface area (Å²) in [5, 5.41) is 2.99. The number of hydrogen-bond acceptors (Lipinski definition) is 4. The first-order valence-electron chi connectivity index (χ1n) is 11.1. The highest BCUT2D eigenvalue weighted by Gasteiger charge is 2.30. The van der Waals surface area contributed by atoms with E-state index in [0.717, 1.165) is 36.9 Å². The highest BCUT2D eigenvalue weighted by Crippen LogP contribution is 2.29. The lowest BCUT2D eigenvalue weighted by atomic mass is 9.88. The van der Waals surface area contributed by atoms with Crippen LogP contribution in [0.5, 0.6) is 0 Å². The van der Waals surface area contributed by atoms with Crippen molar-refractivity contribution in [3.63, 3.8) is 0 Å². The summed E-state index contributed by atoms with van der Waals surface area (Å²) in [6.07, 6.45) is 7.37. The van der Waals surface area contributed by atoms with E-state index in [9.17, 15) is 9.59 Å². The average Bonchev–Trinajstić information content (AvgIpc) is 2.73. The van der Waals surface area contributed by atoms with E-state index in [0.29, 0.717) is 18.5 Å². The predicted molar refractivity (Wildman–Crippen MR) is 123 cm³/mol. The zero-order valence-electron chi connectivity index (χ0n) is 18.8. The molecular weight excluding hydrogens is 388 g/mol. The van der Waals surface area contributed by atoms with Gasteiger partial charge >= 0.3 is 0 Å². The Morgan fingerprint density at radius 3 is 2.45 bits per heavy atom. The number of aromatic nitrogens is 1. The van der Waals surface area contributed by atoms with Crippen molar-refractivity contribution in [2.45, 2.75) is 71.5 Å². The Morgan fingerprint density at radius 1 is 1.10 bits per heavy atom. The molecule has 6 heteroatoms. The zero-order valence-corrected chi connectivity index (χ0v) is 18.8. The molecule has 0 spiro atoms. The molecule has 1 aliphatic rings. The Bertz CT molecular complexity index is 884. The Kier molecular flexibility index (Phi) is 7.44. The Morgan fingerprint density at radius 2 is 1.81 bits per heavy atom. The molecule has 0 atom stereocenters. The van der Waals surface area contributed by atoms with E-state index in [2.05, 4.69) is 31.1 Å². The summed E-state index contributed by atoms with van der Waals surface area (Å²) in [5.74, 6) is -0.0573. The van der Waals surface area contributed by atoms with Crippen molar-refractivity contribution >= 4 is 17.5 Å². The molecule has 166 valence electrons. The van der Waals surface area contributed by atoms with E-state index in [1.54, 1.807) is 24.5 Å². The fourth-order valence-corrected chi connectivity index (χ4v) is 4.04. The molecule has 0 saturated heterocycles. The average molecular weight is 423 g/mol. The molecule has 1 saturated carbocycles. The number of pyridine rings is 1. The second-order valence-electron chi connectivity index (χ2n) is 9.68. The molecule has 1 fully saturated rings. The first-order chi connectivity index (χ1) is 14.7. The minimum absolute atomic E-state index is 0.0888. The summed E-state index contributed by atoms with van der Waals surface area (Å²) in [6, 6.07) is 11.6. The summed E-state index contributed by atoms with van der Waals surface area (Å²) in [7, 11) is 0. The van der Waals surface area contributed by atoms with E-state index < -0.39 is 0 Å². The Balaban J connectivity index is 1.82. The molecular formula is C25H34N4O2. The van der Waals surface area contributed by atoms with Crippen molar-refractivity contribution in [1.82, 2.24) is 9.88 Å². The number of anilines is 1. The molecule has 0 unspecified atom stereocenters. The second kappa shape index (κ2) is 10.1. The van der Waals surface area contributed by atoms with Crippen molar-refractivity contribution in [2.24, 2.45) is 11.1 Å². The van der Waals surface area contributed by atoms with Crippen molar-refractivity contribution in [3.05, 3.63) is 59.9 Å². The molecule has 0 aliphatic heterocycles. The maximum Gasteiger partial charge on any atom is 0.257 e. The number of amides is 2. The molecule has 3 N–H and O–H groups in total. The van der Waals surface area contributed by atoms with Gasteiger partial charge in [0, 0.05) is 43.1 Å². The number of nitrogens with zero attached hydrogens (tertiary/aromatic N) is 2. The SMILES string of the molecule is CC(C)(C)CC(=O)N(Cc1ccccc1NC(=O)c1cccnc1)C1CCC(N)CC1. The highest BCUT2D eigenvalue weighted by molar-refractivity contribution is 6.04. The first-order valence-corrected chi connectivity index (χ1v) is 11.1. The largest absolute Gasteiger partial charge is 0.335 e. The van der Waals surface area contributed by atoms with Gasteiger partial charge < -0.3 is 16.0 Å². The topological polar surface area (TPSA) is 88.3 Å². The number of carbonyl (C=O) groups is 2. The van der Waals surface area contributed by atoms with Crippen LogP contribution in [-0.4, -0.2) is 33.8 Å². The van der Waals surface area contributed by atoms with Crippen LogP contribution in [-0.2, 0) is 11.3 Å². The highest BCUT2D eigenvalue weighted by atomic mass is 16.2. The van der Waals surface area contributed by atoms with Crippen molar-refractivity contribution in [3.8, 4) is 0 Å². The fourth-order valence-electron chi connectivity index (χ4n) is 4.04. The molecule has 1 aliphatic carbocycles. The van der Waals surface area contributed by atoms with Gasteiger partial charge in [-0.3, -0.25) is 14.6 Å². The van der Waals surface area contributed by atoms with E-state index >= 15 is 0 Å². The van der Waals surface area contributed by atoms with Crippen molar-refractivity contribution < 1.29 is 9.59 Å². The second-order valence-corrected chi connectivity index (χ2v) is 9.68. The third-order valence-electron chi connectivity index (χ3n) is 5.71. The van der Waals surface area contributed by atoms with E-state index in [4.69, 9.17) is 5.73 Å². The molecule has 1 aromatic carbocycles. The van der Waals surface area contributed by atoms with Gasteiger partial charge in [0.1, 0.15) is 0 Å². The van der Waals surface area contributed by atoms with Gasteiger partial charge in [0.2, 0.25) is 5.91 Å². The van der Waals surface area contributed by atoms with Crippen LogP contribution in [0.3, 0.4) is 0 Å². The molecule has 2 amide bonds. The van der Waals surface area contributed by atoms with E-state index in [-0.39, 0.29) is 29.3 Å². The van der Waals surface area contributed by atoms with Gasteiger partial charge in [-0.05, 0) is 54.9 Å². The van der Waals surface area contributed by atoms with Gasteiger partial charge in [0.25, 0.3) is 5.91 Å². The normalized spacial score (nSPS) is 19.0. The zero-order chi connectivity index (χ0) is 22.4. The summed E-state index contributed by atoms with van der Waals surface area (Å²) in [4.78, 5) is 32.0. The third kappa shape index (κ3) is 6.62. The lowest BCUT2D eigenvalue weighted by molar-refractivity contribution is -0.137. The van der Waals surface area contributed by atoms with Gasteiger partial charge in [-0.25, -0.2) is 0 Å². The number of carbonyl (C=O) groups excluding carboxylic acids is 2. The van der Waals surface area contributed by atoms with Crippen LogP contribution in [0.4, 0.5) is 5.69 Å². The quantitative estimate of drug-likeness (QED) is 0.724. The predicted octanol–water partition coefficient (Wildman–Crippen LogP) is 4.37. The Hall–Kier alpha value is -2.73. The van der Waals surface area contributed by atoms with Gasteiger partial charge in [-0.2, -0.15) is 0 Å². The maximum atomic E-state index is 13.3. The van der Waals surface area contributed by atoms with Crippen LogP contribution >= 0.6 is 0 Å². The first kappa shape index (κ1) is 22.9. The van der Waals surface area contributed by atoms with Crippen LogP contribution in [0.15, 0.2) is 48.8 Å². The molecule has 31 heavy (non-hydrogen) atoms. The minimum atomic E-state index is -0.211. The smallest absolute Gasteiger partial charge is 0.257 e. The molecule has 0 radical (unpaired) electrons. The molecule has 1 heterocycles. The van der Waals surface area contributed by atoms with E-state index in [1.807, 2.05) is 29.2 Å². The number of rotatable bonds is 6. The van der Waals surface area contributed by atoms with Crippen LogP contribution in [0.1, 0.15) is 68.8 Å². The lowest BCUT2D eigenvalue weighted by Gasteiger charge is -2.38. The van der Waals surface area contributed by atoms with Crippen LogP contribution in [0, 0.1) is 5.41 Å². The fraction of sp³-hybridized carbons (Fsp3) is 0.480. The third-order valence-corrected chi connectivity index (χ3v) is 5.71. The molecule has 3 rings (SSSR count). The van der Waals surface area contributed by atoms with Crippen molar-refractivity contribution in [2.75, 3.05) is 5.32 Å². The summed E-state index contributed by atoms with van der Waals surface area (Å²) < 4.78 is 0. The number of nitrogens with two attached hydrogens (primary N) is 1. The number of nitrogens with one attached hydrogen (secondary N) is 1. The van der Waals surface area contributed by atoms with Crippen LogP contribution < -0.4 is 11.1 Å². The van der Waals surface area contributed by atoms with Crippen LogP contribution in [0.25, 0.3) is 0 Å². The standard InChI is InChI=1S/C25H34N4O2/c1-25(2,3)15-23(30)29(21-12-10-20(26)11-13-21)17-19-7-4-5-9-22(19)28-24(31)18-8-6-14-27-16-18/h4-9,14,16,20-21H,10-13,15,17,26H2,1-3H3,(H,28,31). The number of para-hydroxylation sites is 1.